The van der Waals surface area contributed by atoms with Crippen molar-refractivity contribution >= 4 is 23.0 Å². The standard InChI is InChI=1S/C32H31F3N6O2/c33-32(34,35)15-12-29(42)39-18-13-23(14-19-39)27-5-3-17-41-30(27)37-28(38-41)20-22-6-8-24(9-7-22)31(43)40(26-10-11-26)21-25-4-1-2-16-36-25/h1-9,13,16-17,26H,10-12,14-15,18-21H2. The fourth-order valence-corrected chi connectivity index (χ4v) is 5.36. The molecule has 4 aromatic rings. The molecule has 1 aromatic carbocycles. The lowest BCUT2D eigenvalue weighted by atomic mass is 10.00. The second-order valence-corrected chi connectivity index (χ2v) is 11.0. The van der Waals surface area contributed by atoms with Gasteiger partial charge in [0.1, 0.15) is 0 Å². The van der Waals surface area contributed by atoms with Gasteiger partial charge in [-0.3, -0.25) is 14.6 Å². The van der Waals surface area contributed by atoms with E-state index in [0.29, 0.717) is 43.0 Å². The summed E-state index contributed by atoms with van der Waals surface area (Å²) in [5, 5.41) is 4.64. The van der Waals surface area contributed by atoms with E-state index in [1.165, 1.54) is 4.90 Å². The largest absolute Gasteiger partial charge is 0.389 e. The highest BCUT2D eigenvalue weighted by Crippen LogP contribution is 2.30. The van der Waals surface area contributed by atoms with Crippen molar-refractivity contribution in [3.63, 3.8) is 0 Å². The van der Waals surface area contributed by atoms with E-state index in [1.54, 1.807) is 10.7 Å². The molecule has 0 spiro atoms. The maximum atomic E-state index is 13.3. The molecule has 222 valence electrons. The predicted octanol–water partition coefficient (Wildman–Crippen LogP) is 5.48. The molecule has 1 fully saturated rings. The Morgan fingerprint density at radius 1 is 1.02 bits per heavy atom. The number of alkyl halides is 3. The summed E-state index contributed by atoms with van der Waals surface area (Å²) < 4.78 is 39.3. The lowest BCUT2D eigenvalue weighted by Crippen LogP contribution is -2.35. The van der Waals surface area contributed by atoms with Gasteiger partial charge in [-0.2, -0.15) is 18.3 Å². The van der Waals surface area contributed by atoms with Gasteiger partial charge in [0.25, 0.3) is 5.91 Å². The highest BCUT2D eigenvalue weighted by atomic mass is 19.4. The van der Waals surface area contributed by atoms with Gasteiger partial charge >= 0.3 is 6.18 Å². The number of nitrogens with zero attached hydrogens (tertiary/aromatic N) is 6. The van der Waals surface area contributed by atoms with Gasteiger partial charge in [0.2, 0.25) is 5.91 Å². The SMILES string of the molecule is O=C(CCC(F)(F)F)N1CC=C(c2cccn3nc(Cc4ccc(C(=O)N(Cc5ccccn5)C5CC5)cc4)nc23)CC1. The van der Waals surface area contributed by atoms with Crippen molar-refractivity contribution in [1.29, 1.82) is 0 Å². The Morgan fingerprint density at radius 3 is 2.51 bits per heavy atom. The number of hydrogen-bond donors (Lipinski definition) is 0. The Balaban J connectivity index is 1.12. The van der Waals surface area contributed by atoms with Crippen LogP contribution < -0.4 is 0 Å². The molecule has 4 heterocycles. The van der Waals surface area contributed by atoms with E-state index in [9.17, 15) is 22.8 Å². The van der Waals surface area contributed by atoms with Crippen LogP contribution in [0.1, 0.15) is 65.1 Å². The molecule has 1 aliphatic heterocycles. The van der Waals surface area contributed by atoms with Crippen molar-refractivity contribution in [3.05, 3.63) is 101 Å². The zero-order valence-corrected chi connectivity index (χ0v) is 23.5. The van der Waals surface area contributed by atoms with Crippen LogP contribution in [0.2, 0.25) is 0 Å². The molecule has 2 amide bonds. The van der Waals surface area contributed by atoms with E-state index in [0.717, 1.165) is 35.2 Å². The van der Waals surface area contributed by atoms with Gasteiger partial charge in [-0.25, -0.2) is 9.50 Å². The van der Waals surface area contributed by atoms with Crippen LogP contribution in [-0.4, -0.2) is 66.5 Å². The molecular weight excluding hydrogens is 557 g/mol. The highest BCUT2D eigenvalue weighted by molar-refractivity contribution is 5.94. The predicted molar refractivity (Wildman–Crippen MR) is 154 cm³/mol. The minimum absolute atomic E-state index is 0.00317. The molecule has 0 unspecified atom stereocenters. The molecule has 0 atom stereocenters. The Hall–Kier alpha value is -4.54. The van der Waals surface area contributed by atoms with Crippen LogP contribution in [0, 0.1) is 0 Å². The minimum atomic E-state index is -4.34. The van der Waals surface area contributed by atoms with Gasteiger partial charge in [-0.15, -0.1) is 0 Å². The fraction of sp³-hybridized carbons (Fsp3) is 0.344. The molecule has 8 nitrogen and oxygen atoms in total. The first-order valence-electron chi connectivity index (χ1n) is 14.4. The van der Waals surface area contributed by atoms with Crippen molar-refractivity contribution in [1.82, 2.24) is 29.4 Å². The number of carbonyl (C=O) groups excluding carboxylic acids is 2. The van der Waals surface area contributed by atoms with Gasteiger partial charge in [0, 0.05) is 55.5 Å². The molecule has 0 radical (unpaired) electrons. The number of rotatable bonds is 9. The van der Waals surface area contributed by atoms with Crippen molar-refractivity contribution in [2.75, 3.05) is 13.1 Å². The van der Waals surface area contributed by atoms with E-state index in [1.807, 2.05) is 71.8 Å². The van der Waals surface area contributed by atoms with Gasteiger partial charge < -0.3 is 9.80 Å². The van der Waals surface area contributed by atoms with Gasteiger partial charge in [-0.1, -0.05) is 24.3 Å². The lowest BCUT2D eigenvalue weighted by molar-refractivity contribution is -0.148. The van der Waals surface area contributed by atoms with Crippen LogP contribution in [-0.2, 0) is 17.8 Å². The average molecular weight is 589 g/mol. The van der Waals surface area contributed by atoms with E-state index < -0.39 is 24.9 Å². The maximum Gasteiger partial charge on any atom is 0.389 e. The fourth-order valence-electron chi connectivity index (χ4n) is 5.36. The molecule has 6 rings (SSSR count). The number of hydrogen-bond acceptors (Lipinski definition) is 5. The molecule has 0 saturated heterocycles. The molecule has 1 aliphatic carbocycles. The van der Waals surface area contributed by atoms with Crippen LogP contribution in [0.5, 0.6) is 0 Å². The molecule has 11 heteroatoms. The van der Waals surface area contributed by atoms with Crippen LogP contribution >= 0.6 is 0 Å². The minimum Gasteiger partial charge on any atom is -0.339 e. The summed E-state index contributed by atoms with van der Waals surface area (Å²) in [6.45, 7) is 1.11. The summed E-state index contributed by atoms with van der Waals surface area (Å²) in [6.07, 6.45) is 2.48. The smallest absolute Gasteiger partial charge is 0.339 e. The first kappa shape index (κ1) is 28.6. The molecule has 43 heavy (non-hydrogen) atoms. The number of aromatic nitrogens is 4. The lowest BCUT2D eigenvalue weighted by Gasteiger charge is -2.27. The molecule has 0 N–H and O–H groups in total. The monoisotopic (exact) mass is 588 g/mol. The second kappa shape index (κ2) is 12.0. The summed E-state index contributed by atoms with van der Waals surface area (Å²) in [5.41, 5.74) is 5.03. The quantitative estimate of drug-likeness (QED) is 0.259. The number of benzene rings is 1. The van der Waals surface area contributed by atoms with Crippen LogP contribution in [0.4, 0.5) is 13.2 Å². The third-order valence-corrected chi connectivity index (χ3v) is 7.81. The van der Waals surface area contributed by atoms with E-state index >= 15 is 0 Å². The summed E-state index contributed by atoms with van der Waals surface area (Å²) in [5.74, 6) is 0.134. The number of amides is 2. The zero-order chi connectivity index (χ0) is 30.0. The zero-order valence-electron chi connectivity index (χ0n) is 23.5. The van der Waals surface area contributed by atoms with Crippen molar-refractivity contribution in [2.45, 2.75) is 57.3 Å². The summed E-state index contributed by atoms with van der Waals surface area (Å²) in [4.78, 5) is 38.1. The van der Waals surface area contributed by atoms with Crippen molar-refractivity contribution < 1.29 is 22.8 Å². The maximum absolute atomic E-state index is 13.3. The van der Waals surface area contributed by atoms with Crippen LogP contribution in [0.3, 0.4) is 0 Å². The molecular formula is C32H31F3N6O2. The van der Waals surface area contributed by atoms with E-state index in [2.05, 4.69) is 10.1 Å². The normalized spacial score (nSPS) is 15.4. The molecule has 2 aliphatic rings. The Bertz CT molecular complexity index is 1650. The molecule has 1 saturated carbocycles. The number of fused-ring (bicyclic) bond motifs is 1. The van der Waals surface area contributed by atoms with Gasteiger partial charge in [-0.05, 0) is 66.8 Å². The topological polar surface area (TPSA) is 83.7 Å². The Kier molecular flexibility index (Phi) is 7.96. The van der Waals surface area contributed by atoms with Crippen molar-refractivity contribution in [3.8, 4) is 0 Å². The molecule has 3 aromatic heterocycles. The molecule has 0 bridgehead atoms. The van der Waals surface area contributed by atoms with Crippen LogP contribution in [0.15, 0.2) is 73.1 Å². The second-order valence-electron chi connectivity index (χ2n) is 11.0. The Morgan fingerprint density at radius 2 is 1.84 bits per heavy atom. The van der Waals surface area contributed by atoms with Gasteiger partial charge in [0.05, 0.1) is 18.7 Å². The van der Waals surface area contributed by atoms with E-state index in [-0.39, 0.29) is 18.5 Å². The highest BCUT2D eigenvalue weighted by Gasteiger charge is 2.33. The third kappa shape index (κ3) is 6.93. The number of pyridine rings is 2. The third-order valence-electron chi connectivity index (χ3n) is 7.81. The summed E-state index contributed by atoms with van der Waals surface area (Å²) in [6, 6.07) is 17.4. The summed E-state index contributed by atoms with van der Waals surface area (Å²) >= 11 is 0. The van der Waals surface area contributed by atoms with Gasteiger partial charge in [0.15, 0.2) is 11.5 Å². The number of halogens is 3. The summed E-state index contributed by atoms with van der Waals surface area (Å²) in [7, 11) is 0. The van der Waals surface area contributed by atoms with Crippen LogP contribution in [0.25, 0.3) is 11.2 Å². The first-order valence-corrected chi connectivity index (χ1v) is 14.4. The van der Waals surface area contributed by atoms with E-state index in [4.69, 9.17) is 4.98 Å². The number of carbonyl (C=O) groups is 2. The Labute approximate surface area is 246 Å². The first-order chi connectivity index (χ1) is 20.7. The average Bonchev–Trinajstić information content (AvgIpc) is 3.77. The van der Waals surface area contributed by atoms with Crippen molar-refractivity contribution in [2.24, 2.45) is 0 Å².